The molecule has 1 atom stereocenters. The molecule has 114 valence electrons. The first-order valence-corrected chi connectivity index (χ1v) is 6.33. The molecule has 0 aromatic carbocycles. The number of carbonyl (C=O) groups excluding carboxylic acids is 1. The highest BCUT2D eigenvalue weighted by Crippen LogP contribution is 2.13. The first-order valence-electron chi connectivity index (χ1n) is 6.33. The molecule has 1 aliphatic heterocycles. The van der Waals surface area contributed by atoms with Gasteiger partial charge in [-0.3, -0.25) is 4.79 Å². The number of aromatic nitrogens is 2. The van der Waals surface area contributed by atoms with Gasteiger partial charge >= 0.3 is 0 Å². The monoisotopic (exact) mass is 321 g/mol. The molecule has 1 saturated heterocycles. The molecule has 1 aromatic heterocycles. The van der Waals surface area contributed by atoms with Gasteiger partial charge in [-0.25, -0.2) is 9.97 Å². The summed E-state index contributed by atoms with van der Waals surface area (Å²) in [5.74, 6) is 0.581. The summed E-state index contributed by atoms with van der Waals surface area (Å²) in [4.78, 5) is 19.6. The summed E-state index contributed by atoms with van der Waals surface area (Å²) >= 11 is 0. The van der Waals surface area contributed by atoms with Crippen LogP contribution in [0.15, 0.2) is 12.4 Å². The summed E-state index contributed by atoms with van der Waals surface area (Å²) in [7, 11) is 0. The van der Waals surface area contributed by atoms with Crippen molar-refractivity contribution in [2.75, 3.05) is 25.4 Å². The number of nitrogens with zero attached hydrogens (tertiary/aromatic N) is 2. The highest BCUT2D eigenvalue weighted by atomic mass is 35.5. The normalized spacial score (nSPS) is 17.5. The molecule has 0 bridgehead atoms. The zero-order chi connectivity index (χ0) is 12.8. The first kappa shape index (κ1) is 18.9. The molecule has 1 aliphatic rings. The lowest BCUT2D eigenvalue weighted by Crippen LogP contribution is -2.33. The molecule has 1 unspecified atom stereocenters. The number of hydrogen-bond donors (Lipinski definition) is 3. The predicted molar refractivity (Wildman–Crippen MR) is 83.5 cm³/mol. The van der Waals surface area contributed by atoms with Crippen LogP contribution >= 0.6 is 24.8 Å². The summed E-state index contributed by atoms with van der Waals surface area (Å²) < 4.78 is 0. The van der Waals surface area contributed by atoms with Crippen molar-refractivity contribution in [2.24, 2.45) is 5.92 Å². The van der Waals surface area contributed by atoms with Crippen molar-refractivity contribution in [1.82, 2.24) is 20.6 Å². The number of nitrogens with two attached hydrogens (primary N) is 1. The second kappa shape index (κ2) is 9.74. The fourth-order valence-electron chi connectivity index (χ4n) is 2.17. The number of amides is 1. The second-order valence-electron chi connectivity index (χ2n) is 4.55. The molecular formula is C12H21Cl2N5O. The Labute approximate surface area is 131 Å². The Morgan fingerprint density at radius 2 is 2.15 bits per heavy atom. The van der Waals surface area contributed by atoms with Crippen LogP contribution < -0.4 is 16.4 Å². The molecule has 6 nitrogen and oxygen atoms in total. The van der Waals surface area contributed by atoms with Crippen LogP contribution in [0.3, 0.4) is 0 Å². The lowest BCUT2D eigenvalue weighted by molar-refractivity contribution is 0.0946. The highest BCUT2D eigenvalue weighted by Gasteiger charge is 2.14. The van der Waals surface area contributed by atoms with Gasteiger partial charge in [-0.1, -0.05) is 0 Å². The molecule has 0 aliphatic carbocycles. The van der Waals surface area contributed by atoms with E-state index in [1.165, 1.54) is 25.2 Å². The van der Waals surface area contributed by atoms with Crippen LogP contribution in [-0.2, 0) is 0 Å². The molecule has 8 heteroatoms. The van der Waals surface area contributed by atoms with E-state index < -0.39 is 0 Å². The van der Waals surface area contributed by atoms with Gasteiger partial charge in [0.2, 0.25) is 0 Å². The van der Waals surface area contributed by atoms with Gasteiger partial charge in [0.05, 0.1) is 0 Å². The number of nitrogens with one attached hydrogen (secondary N) is 2. The third kappa shape index (κ3) is 5.48. The number of anilines is 1. The molecule has 20 heavy (non-hydrogen) atoms. The van der Waals surface area contributed by atoms with E-state index in [2.05, 4.69) is 20.6 Å². The van der Waals surface area contributed by atoms with Crippen molar-refractivity contribution in [3.63, 3.8) is 0 Å². The number of piperidine rings is 1. The number of halogens is 2. The zero-order valence-electron chi connectivity index (χ0n) is 11.2. The minimum absolute atomic E-state index is 0. The molecular weight excluding hydrogens is 301 g/mol. The van der Waals surface area contributed by atoms with E-state index in [1.807, 2.05) is 0 Å². The van der Waals surface area contributed by atoms with Crippen molar-refractivity contribution < 1.29 is 4.79 Å². The Bertz CT molecular complexity index is 413. The van der Waals surface area contributed by atoms with Gasteiger partial charge in [0.1, 0.15) is 0 Å². The molecule has 1 fully saturated rings. The summed E-state index contributed by atoms with van der Waals surface area (Å²) in [6, 6.07) is 0. The summed E-state index contributed by atoms with van der Waals surface area (Å²) in [5.41, 5.74) is 5.80. The van der Waals surface area contributed by atoms with Gasteiger partial charge in [0.15, 0.2) is 11.5 Å². The molecule has 4 N–H and O–H groups in total. The molecule has 1 amide bonds. The van der Waals surface area contributed by atoms with Crippen LogP contribution in [0.5, 0.6) is 0 Å². The van der Waals surface area contributed by atoms with Gasteiger partial charge in [-0.05, 0) is 38.3 Å². The van der Waals surface area contributed by atoms with E-state index in [1.54, 1.807) is 0 Å². The van der Waals surface area contributed by atoms with Crippen LogP contribution in [0.4, 0.5) is 5.82 Å². The Morgan fingerprint density at radius 3 is 2.80 bits per heavy atom. The maximum atomic E-state index is 11.8. The molecule has 2 heterocycles. The molecule has 0 saturated carbocycles. The molecule has 2 rings (SSSR count). The van der Waals surface area contributed by atoms with Crippen LogP contribution in [-0.4, -0.2) is 35.5 Å². The maximum absolute atomic E-state index is 11.8. The number of nitrogen functional groups attached to an aromatic ring is 1. The highest BCUT2D eigenvalue weighted by molar-refractivity contribution is 5.96. The van der Waals surface area contributed by atoms with E-state index in [9.17, 15) is 4.79 Å². The van der Waals surface area contributed by atoms with Crippen molar-refractivity contribution >= 4 is 36.5 Å². The first-order chi connectivity index (χ1) is 8.77. The predicted octanol–water partition coefficient (Wildman–Crippen LogP) is 1.02. The van der Waals surface area contributed by atoms with Crippen molar-refractivity contribution in [2.45, 2.75) is 19.3 Å². The van der Waals surface area contributed by atoms with Crippen molar-refractivity contribution in [1.29, 1.82) is 0 Å². The molecule has 0 radical (unpaired) electrons. The van der Waals surface area contributed by atoms with E-state index in [0.717, 1.165) is 19.5 Å². The second-order valence-corrected chi connectivity index (χ2v) is 4.55. The smallest absolute Gasteiger partial charge is 0.273 e. The van der Waals surface area contributed by atoms with Crippen LogP contribution in [0.2, 0.25) is 0 Å². The Kier molecular flexibility index (Phi) is 9.20. The fraction of sp³-hybridized carbons (Fsp3) is 0.583. The number of carbonyl (C=O) groups is 1. The molecule has 1 aromatic rings. The van der Waals surface area contributed by atoms with Crippen LogP contribution in [0.25, 0.3) is 0 Å². The van der Waals surface area contributed by atoms with Crippen molar-refractivity contribution in [3.05, 3.63) is 18.1 Å². The van der Waals surface area contributed by atoms with Gasteiger partial charge in [0.25, 0.3) is 5.91 Å². The summed E-state index contributed by atoms with van der Waals surface area (Å²) in [6.45, 7) is 2.81. The summed E-state index contributed by atoms with van der Waals surface area (Å²) in [6.07, 6.45) is 6.38. The van der Waals surface area contributed by atoms with Gasteiger partial charge < -0.3 is 16.4 Å². The van der Waals surface area contributed by atoms with Gasteiger partial charge in [-0.15, -0.1) is 24.8 Å². The Morgan fingerprint density at radius 1 is 1.40 bits per heavy atom. The van der Waals surface area contributed by atoms with Gasteiger partial charge in [-0.2, -0.15) is 0 Å². The summed E-state index contributed by atoms with van der Waals surface area (Å²) in [5, 5.41) is 6.20. The van der Waals surface area contributed by atoms with E-state index in [-0.39, 0.29) is 42.2 Å². The minimum Gasteiger partial charge on any atom is -0.382 e. The third-order valence-electron chi connectivity index (χ3n) is 3.18. The van der Waals surface area contributed by atoms with E-state index in [4.69, 9.17) is 5.73 Å². The quantitative estimate of drug-likeness (QED) is 0.770. The SMILES string of the molecule is Cl.Cl.Nc1nccnc1C(=O)NCCC1CCCNC1. The standard InChI is InChI=1S/C12H19N5O.2ClH/c13-11-10(15-6-7-16-11)12(18)17-5-3-9-2-1-4-14-8-9;;/h6-7,9,14H,1-5,8H2,(H2,13,16)(H,17,18);2*1H. The Balaban J connectivity index is 0.00000180. The molecule has 0 spiro atoms. The van der Waals surface area contributed by atoms with Gasteiger partial charge in [0, 0.05) is 18.9 Å². The van der Waals surface area contributed by atoms with E-state index in [0.29, 0.717) is 12.5 Å². The zero-order valence-corrected chi connectivity index (χ0v) is 12.8. The third-order valence-corrected chi connectivity index (χ3v) is 3.18. The van der Waals surface area contributed by atoms with E-state index >= 15 is 0 Å². The lowest BCUT2D eigenvalue weighted by atomic mass is 9.96. The lowest BCUT2D eigenvalue weighted by Gasteiger charge is -2.22. The van der Waals surface area contributed by atoms with Crippen LogP contribution in [0.1, 0.15) is 29.8 Å². The topological polar surface area (TPSA) is 92.9 Å². The van der Waals surface area contributed by atoms with Crippen LogP contribution in [0, 0.1) is 5.92 Å². The number of hydrogen-bond acceptors (Lipinski definition) is 5. The minimum atomic E-state index is -0.246. The average Bonchev–Trinajstić information content (AvgIpc) is 2.40. The largest absolute Gasteiger partial charge is 0.382 e. The number of rotatable bonds is 4. The average molecular weight is 322 g/mol. The Hall–Kier alpha value is -1.11. The fourth-order valence-corrected chi connectivity index (χ4v) is 2.17. The van der Waals surface area contributed by atoms with Crippen molar-refractivity contribution in [3.8, 4) is 0 Å². The maximum Gasteiger partial charge on any atom is 0.273 e.